The molecule has 0 amide bonds. The summed E-state index contributed by atoms with van der Waals surface area (Å²) in [6, 6.07) is 12.8. The summed E-state index contributed by atoms with van der Waals surface area (Å²) in [6.07, 6.45) is 2.18. The maximum Gasteiger partial charge on any atom is 0.206 e. The quantitative estimate of drug-likeness (QED) is 0.786. The lowest BCUT2D eigenvalue weighted by Crippen LogP contribution is -2.31. The molecule has 0 aromatic heterocycles. The molecule has 0 spiro atoms. The van der Waals surface area contributed by atoms with Crippen LogP contribution in [0.1, 0.15) is 31.2 Å². The Kier molecular flexibility index (Phi) is 5.10. The van der Waals surface area contributed by atoms with Crippen LogP contribution in [0.15, 0.2) is 52.3 Å². The first-order valence-electron chi connectivity index (χ1n) is 9.94. The first-order chi connectivity index (χ1) is 13.5. The Morgan fingerprint density at radius 2 is 1.82 bits per heavy atom. The van der Waals surface area contributed by atoms with Crippen LogP contribution in [0.5, 0.6) is 5.75 Å². The largest absolute Gasteiger partial charge is 0.497 e. The van der Waals surface area contributed by atoms with Gasteiger partial charge in [0.25, 0.3) is 0 Å². The van der Waals surface area contributed by atoms with E-state index in [9.17, 15) is 8.42 Å². The van der Waals surface area contributed by atoms with E-state index in [0.717, 1.165) is 32.5 Å². The van der Waals surface area contributed by atoms with Gasteiger partial charge in [0.2, 0.25) is 9.84 Å². The number of ether oxygens (including phenoxy) is 1. The molecule has 2 aromatic rings. The van der Waals surface area contributed by atoms with E-state index in [-0.39, 0.29) is 4.90 Å². The highest BCUT2D eigenvalue weighted by molar-refractivity contribution is 7.91. The summed E-state index contributed by atoms with van der Waals surface area (Å²) in [6.45, 7) is 5.45. The number of fused-ring (bicyclic) bond motifs is 3. The number of hydrogen-bond acceptors (Lipinski definition) is 5. The van der Waals surface area contributed by atoms with Crippen LogP contribution in [0.4, 0.5) is 5.69 Å². The Balaban J connectivity index is 1.72. The Bertz CT molecular complexity index is 973. The van der Waals surface area contributed by atoms with Crippen LogP contribution in [0.3, 0.4) is 0 Å². The van der Waals surface area contributed by atoms with Gasteiger partial charge < -0.3 is 14.5 Å². The van der Waals surface area contributed by atoms with Crippen LogP contribution in [0, 0.1) is 0 Å². The van der Waals surface area contributed by atoms with Gasteiger partial charge in [-0.3, -0.25) is 0 Å². The van der Waals surface area contributed by atoms with Crippen molar-refractivity contribution in [2.75, 3.05) is 38.7 Å². The molecule has 2 aromatic carbocycles. The molecule has 28 heavy (non-hydrogen) atoms. The predicted octanol–water partition coefficient (Wildman–Crippen LogP) is 3.55. The second-order valence-electron chi connectivity index (χ2n) is 7.70. The number of sulfone groups is 1. The van der Waals surface area contributed by atoms with Crippen LogP contribution >= 0.6 is 0 Å². The predicted molar refractivity (Wildman–Crippen MR) is 111 cm³/mol. The van der Waals surface area contributed by atoms with Crippen molar-refractivity contribution < 1.29 is 13.2 Å². The molecule has 0 N–H and O–H groups in total. The average Bonchev–Trinajstić information content (AvgIpc) is 2.86. The molecule has 0 unspecified atom stereocenters. The lowest BCUT2D eigenvalue weighted by Gasteiger charge is -2.25. The summed E-state index contributed by atoms with van der Waals surface area (Å²) in [7, 11) is 0.103. The lowest BCUT2D eigenvalue weighted by atomic mass is 9.91. The molecule has 2 heterocycles. The molecule has 2 atom stereocenters. The van der Waals surface area contributed by atoms with E-state index in [1.54, 1.807) is 37.4 Å². The van der Waals surface area contributed by atoms with Crippen molar-refractivity contribution in [3.63, 3.8) is 0 Å². The number of methoxy groups -OCH3 is 1. The standard InChI is InChI=1S/C22H28N2O3S/c1-4-24-12-10-19-20-15-18(8-9-21(20)23(2)22(19)11-13-24)28(25,26)17-7-5-6-16(14-17)27-3/h5-9,14-15,19,22H,4,10-13H2,1-3H3/t19-,22+/m1/s1. The van der Waals surface area contributed by atoms with E-state index in [1.165, 1.54) is 11.3 Å². The van der Waals surface area contributed by atoms with Gasteiger partial charge in [-0.05, 0) is 67.9 Å². The zero-order chi connectivity index (χ0) is 19.9. The third-order valence-corrected chi connectivity index (χ3v) is 8.10. The number of hydrogen-bond donors (Lipinski definition) is 0. The lowest BCUT2D eigenvalue weighted by molar-refractivity contribution is 0.298. The number of anilines is 1. The minimum absolute atomic E-state index is 0.271. The summed E-state index contributed by atoms with van der Waals surface area (Å²) in [5.41, 5.74) is 2.35. The van der Waals surface area contributed by atoms with Crippen LogP contribution < -0.4 is 9.64 Å². The molecule has 6 heteroatoms. The van der Waals surface area contributed by atoms with E-state index >= 15 is 0 Å². The van der Waals surface area contributed by atoms with Gasteiger partial charge in [-0.2, -0.15) is 0 Å². The molecule has 1 saturated heterocycles. The molecular formula is C22H28N2O3S. The molecule has 150 valence electrons. The van der Waals surface area contributed by atoms with Gasteiger partial charge in [-0.25, -0.2) is 8.42 Å². The smallest absolute Gasteiger partial charge is 0.206 e. The van der Waals surface area contributed by atoms with Crippen LogP contribution in [0.25, 0.3) is 0 Å². The monoisotopic (exact) mass is 400 g/mol. The van der Waals surface area contributed by atoms with Crippen molar-refractivity contribution >= 4 is 15.5 Å². The van der Waals surface area contributed by atoms with Gasteiger partial charge >= 0.3 is 0 Å². The Morgan fingerprint density at radius 1 is 1.07 bits per heavy atom. The molecule has 5 nitrogen and oxygen atoms in total. The second-order valence-corrected chi connectivity index (χ2v) is 9.65. The fourth-order valence-electron chi connectivity index (χ4n) is 4.69. The van der Waals surface area contributed by atoms with Crippen molar-refractivity contribution in [2.45, 2.75) is 41.5 Å². The number of likely N-dealkylation sites (tertiary alicyclic amines) is 1. The topological polar surface area (TPSA) is 49.9 Å². The van der Waals surface area contributed by atoms with Gasteiger partial charge in [0, 0.05) is 31.2 Å². The highest BCUT2D eigenvalue weighted by Gasteiger charge is 2.38. The SMILES string of the molecule is CCN1CC[C@@H]2c3cc(S(=O)(=O)c4cccc(OC)c4)ccc3N(C)[C@H]2CC1. The van der Waals surface area contributed by atoms with Crippen molar-refractivity contribution in [2.24, 2.45) is 0 Å². The Hall–Kier alpha value is -2.05. The number of nitrogens with zero attached hydrogens (tertiary/aromatic N) is 2. The molecule has 0 radical (unpaired) electrons. The van der Waals surface area contributed by atoms with Crippen molar-refractivity contribution in [3.8, 4) is 5.75 Å². The highest BCUT2D eigenvalue weighted by atomic mass is 32.2. The van der Waals surface area contributed by atoms with Gasteiger partial charge in [0.1, 0.15) is 5.75 Å². The van der Waals surface area contributed by atoms with E-state index in [4.69, 9.17) is 4.74 Å². The molecule has 0 aliphatic carbocycles. The average molecular weight is 401 g/mol. The van der Waals surface area contributed by atoms with Crippen LogP contribution in [-0.4, -0.2) is 53.2 Å². The number of rotatable bonds is 4. The molecule has 2 aliphatic heterocycles. The summed E-state index contributed by atoms with van der Waals surface area (Å²) in [5, 5.41) is 0. The van der Waals surface area contributed by atoms with E-state index in [2.05, 4.69) is 23.8 Å². The molecular weight excluding hydrogens is 372 g/mol. The first kappa shape index (κ1) is 19.3. The fourth-order valence-corrected chi connectivity index (χ4v) is 6.02. The van der Waals surface area contributed by atoms with Gasteiger partial charge in [-0.1, -0.05) is 13.0 Å². The van der Waals surface area contributed by atoms with Crippen molar-refractivity contribution in [1.82, 2.24) is 4.90 Å². The normalized spacial score (nSPS) is 22.5. The van der Waals surface area contributed by atoms with Gasteiger partial charge in [-0.15, -0.1) is 0 Å². The third-order valence-electron chi connectivity index (χ3n) is 6.35. The zero-order valence-corrected chi connectivity index (χ0v) is 17.6. The molecule has 0 bridgehead atoms. The first-order valence-corrected chi connectivity index (χ1v) is 11.4. The Morgan fingerprint density at radius 3 is 2.57 bits per heavy atom. The Labute approximate surface area is 167 Å². The maximum absolute atomic E-state index is 13.2. The molecule has 4 rings (SSSR count). The highest BCUT2D eigenvalue weighted by Crippen LogP contribution is 2.45. The number of likely N-dealkylation sites (N-methyl/N-ethyl adjacent to an activating group) is 1. The van der Waals surface area contributed by atoms with Gasteiger partial charge in [0.05, 0.1) is 16.9 Å². The summed E-state index contributed by atoms with van der Waals surface area (Å²) in [4.78, 5) is 5.47. The van der Waals surface area contributed by atoms with Gasteiger partial charge in [0.15, 0.2) is 0 Å². The molecule has 0 saturated carbocycles. The van der Waals surface area contributed by atoms with E-state index in [0.29, 0.717) is 22.6 Å². The third kappa shape index (κ3) is 3.18. The minimum atomic E-state index is -3.58. The minimum Gasteiger partial charge on any atom is -0.497 e. The second kappa shape index (κ2) is 7.41. The number of benzene rings is 2. The van der Waals surface area contributed by atoms with Crippen molar-refractivity contribution in [1.29, 1.82) is 0 Å². The van der Waals surface area contributed by atoms with E-state index in [1.807, 2.05) is 12.1 Å². The summed E-state index contributed by atoms with van der Waals surface area (Å²) < 4.78 is 31.7. The molecule has 2 aliphatic rings. The summed E-state index contributed by atoms with van der Waals surface area (Å²) >= 11 is 0. The van der Waals surface area contributed by atoms with Crippen LogP contribution in [-0.2, 0) is 9.84 Å². The summed E-state index contributed by atoms with van der Waals surface area (Å²) in [5.74, 6) is 0.933. The zero-order valence-electron chi connectivity index (χ0n) is 16.8. The molecule has 1 fully saturated rings. The fraction of sp³-hybridized carbons (Fsp3) is 0.455. The van der Waals surface area contributed by atoms with E-state index < -0.39 is 9.84 Å². The van der Waals surface area contributed by atoms with Crippen LogP contribution in [0.2, 0.25) is 0 Å². The van der Waals surface area contributed by atoms with Crippen molar-refractivity contribution in [3.05, 3.63) is 48.0 Å². The maximum atomic E-state index is 13.2.